The minimum Gasteiger partial charge on any atom is -0.479 e. The zero-order valence-corrected chi connectivity index (χ0v) is 51.8. The van der Waals surface area contributed by atoms with Gasteiger partial charge in [0.2, 0.25) is 0 Å². The van der Waals surface area contributed by atoms with E-state index in [4.69, 9.17) is 43.0 Å². The number of aliphatic carboxylic acids is 1. The van der Waals surface area contributed by atoms with E-state index in [0.29, 0.717) is 88.5 Å². The number of rotatable bonds is 35. The van der Waals surface area contributed by atoms with E-state index in [9.17, 15) is 19.5 Å². The number of nitrogens with one attached hydrogen (secondary N) is 3. The molecule has 83 heavy (non-hydrogen) atoms. The Balaban J connectivity index is 0.000000234. The third-order valence-corrected chi connectivity index (χ3v) is 17.9. The van der Waals surface area contributed by atoms with Crippen molar-refractivity contribution in [2.45, 2.75) is 163 Å². The van der Waals surface area contributed by atoms with Crippen molar-refractivity contribution in [1.29, 1.82) is 0 Å². The standard InChI is InChI=1S/C31H54O3.C18H24N2O6.C18H29NO4/c1-22(2)7-6-8-23(3)27-11-12-28-26-10-9-24-21-25(34-20-19-33-18-17-32)13-15-30(24,4)29(26)14-16-31(27,28)5;1-2-7-24-8-9-25-10-11-26-18(23)20-16(17(21)22)14-12-19-15-6-4-3-5-13(14)15;1-2-12-21-13-14-22-15-16-23-18(20)19-11-7-6-10-17-8-4-3-5-9-17/h9,22-23,25-29,32H,6-8,10-21H2,1-5H3;3-6,12,16,19H,2,7-11H2,1H3,(H,20,23)(H,21,22);3-5,8-9H,2,6-7,10-16H2,1H3,(H,19,20). The van der Waals surface area contributed by atoms with Crippen LogP contribution in [0.15, 0.2) is 72.4 Å². The van der Waals surface area contributed by atoms with Gasteiger partial charge in [-0.1, -0.05) is 128 Å². The zero-order chi connectivity index (χ0) is 59.7. The number of aromatic nitrogens is 1. The normalized spacial score (nSPS) is 23.2. The molecule has 4 aliphatic carbocycles. The van der Waals surface area contributed by atoms with E-state index in [1.165, 1.54) is 69.8 Å². The predicted octanol–water partition coefficient (Wildman–Crippen LogP) is 13.1. The van der Waals surface area contributed by atoms with Gasteiger partial charge in [-0.05, 0) is 141 Å². The molecule has 0 bridgehead atoms. The third kappa shape index (κ3) is 23.0. The van der Waals surface area contributed by atoms with Crippen molar-refractivity contribution in [3.8, 4) is 0 Å². The topological polar surface area (TPSA) is 205 Å². The first-order chi connectivity index (χ1) is 40.2. The molecule has 468 valence electrons. The number of aliphatic hydroxyl groups is 1. The lowest BCUT2D eigenvalue weighted by Crippen LogP contribution is -2.51. The highest BCUT2D eigenvalue weighted by atomic mass is 16.6. The van der Waals surface area contributed by atoms with Crippen molar-refractivity contribution in [3.63, 3.8) is 0 Å². The monoisotopic (exact) mass is 1160 g/mol. The Kier molecular flexibility index (Phi) is 32.1. The van der Waals surface area contributed by atoms with Crippen LogP contribution in [-0.4, -0.2) is 138 Å². The summed E-state index contributed by atoms with van der Waals surface area (Å²) in [4.78, 5) is 37.9. The van der Waals surface area contributed by atoms with Crippen LogP contribution in [0.5, 0.6) is 0 Å². The van der Waals surface area contributed by atoms with Gasteiger partial charge in [-0.3, -0.25) is 0 Å². The molecule has 9 unspecified atom stereocenters. The van der Waals surface area contributed by atoms with Gasteiger partial charge in [0.1, 0.15) is 13.2 Å². The van der Waals surface area contributed by atoms with Crippen LogP contribution >= 0.6 is 0 Å². The summed E-state index contributed by atoms with van der Waals surface area (Å²) in [6, 6.07) is 16.4. The number of carbonyl (C=O) groups is 3. The van der Waals surface area contributed by atoms with Crippen molar-refractivity contribution in [1.82, 2.24) is 15.6 Å². The smallest absolute Gasteiger partial charge is 0.408 e. The minimum atomic E-state index is -1.21. The number of hydrogen-bond acceptors (Lipinski definition) is 12. The van der Waals surface area contributed by atoms with Gasteiger partial charge >= 0.3 is 18.2 Å². The summed E-state index contributed by atoms with van der Waals surface area (Å²) in [7, 11) is 0. The SMILES string of the molecule is CC(C)CCCC(C)C1CCC2C3CC=C4CC(OCCOCCO)CCC4(C)C3CCC12C.CCCOCCOCCOC(=O)NC(C(=O)O)c1c[nH]c2ccccc12.CCCOCCOCCOC(=O)NCCCCc1ccccc1. The number of unbranched alkanes of at least 4 members (excludes halogenated alkanes) is 1. The van der Waals surface area contributed by atoms with Crippen LogP contribution in [0, 0.1) is 46.3 Å². The van der Waals surface area contributed by atoms with E-state index < -0.39 is 18.1 Å². The molecule has 2 aromatic carbocycles. The number of hydrogen-bond donors (Lipinski definition) is 5. The number of aryl methyl sites for hydroxylation is 1. The maximum Gasteiger partial charge on any atom is 0.408 e. The lowest BCUT2D eigenvalue weighted by molar-refractivity contribution is -0.139. The fraction of sp³-hybridized carbons (Fsp3) is 0.716. The van der Waals surface area contributed by atoms with Crippen LogP contribution in [-0.2, 0) is 49.1 Å². The number of aliphatic hydroxyl groups excluding tert-OH is 1. The molecule has 2 amide bonds. The number of aromatic amines is 1. The molecule has 0 saturated heterocycles. The second-order valence-corrected chi connectivity index (χ2v) is 24.2. The Morgan fingerprint density at radius 2 is 1.33 bits per heavy atom. The molecule has 0 radical (unpaired) electrons. The number of H-pyrrole nitrogens is 1. The lowest BCUT2D eigenvalue weighted by Gasteiger charge is -2.58. The number of benzene rings is 2. The first-order valence-corrected chi connectivity index (χ1v) is 31.7. The van der Waals surface area contributed by atoms with Gasteiger partial charge in [0.25, 0.3) is 0 Å². The highest BCUT2D eigenvalue weighted by Crippen LogP contribution is 2.67. The first kappa shape index (κ1) is 69.2. The van der Waals surface area contributed by atoms with Gasteiger partial charge in [-0.2, -0.15) is 0 Å². The molecule has 3 aromatic rings. The number of allylic oxidation sites excluding steroid dienone is 1. The number of amides is 2. The molecule has 5 N–H and O–H groups in total. The lowest BCUT2D eigenvalue weighted by atomic mass is 9.47. The Morgan fingerprint density at radius 1 is 0.687 bits per heavy atom. The summed E-state index contributed by atoms with van der Waals surface area (Å²) >= 11 is 0. The Hall–Kier alpha value is -4.55. The Bertz CT molecular complexity index is 2290. The maximum atomic E-state index is 11.9. The van der Waals surface area contributed by atoms with E-state index in [1.807, 2.05) is 37.3 Å². The summed E-state index contributed by atoms with van der Waals surface area (Å²) in [6.45, 7) is 23.5. The Morgan fingerprint density at radius 3 is 2.00 bits per heavy atom. The summed E-state index contributed by atoms with van der Waals surface area (Å²) < 4.78 is 42.6. The summed E-state index contributed by atoms with van der Waals surface area (Å²) in [6.07, 6.45) is 23.4. The second kappa shape index (κ2) is 38.5. The molecule has 4 aliphatic rings. The molecule has 16 heteroatoms. The molecule has 3 saturated carbocycles. The molecule has 1 heterocycles. The third-order valence-electron chi connectivity index (χ3n) is 17.9. The molecular weight excluding hydrogens is 1050 g/mol. The molecule has 16 nitrogen and oxygen atoms in total. The van der Waals surface area contributed by atoms with Gasteiger partial charge in [0.15, 0.2) is 6.04 Å². The molecule has 3 fully saturated rings. The molecule has 7 rings (SSSR count). The molecule has 0 aliphatic heterocycles. The highest BCUT2D eigenvalue weighted by Gasteiger charge is 2.59. The Labute approximate surface area is 497 Å². The van der Waals surface area contributed by atoms with Gasteiger partial charge in [-0.25, -0.2) is 14.4 Å². The number of carboxylic acids is 1. The highest BCUT2D eigenvalue weighted by molar-refractivity contribution is 5.90. The second-order valence-electron chi connectivity index (χ2n) is 24.2. The fourth-order valence-corrected chi connectivity index (χ4v) is 13.7. The molecule has 9 atom stereocenters. The van der Waals surface area contributed by atoms with Crippen molar-refractivity contribution in [2.75, 3.05) is 99.0 Å². The van der Waals surface area contributed by atoms with Crippen LogP contribution < -0.4 is 10.6 Å². The number of carboxylic acid groups (broad SMARTS) is 1. The number of alkyl carbamates (subject to hydrolysis) is 2. The van der Waals surface area contributed by atoms with Gasteiger partial charge < -0.3 is 63.7 Å². The average molecular weight is 1160 g/mol. The minimum absolute atomic E-state index is 0.0276. The van der Waals surface area contributed by atoms with Crippen molar-refractivity contribution in [3.05, 3.63) is 83.6 Å². The molecule has 1 aromatic heterocycles. The largest absolute Gasteiger partial charge is 0.479 e. The van der Waals surface area contributed by atoms with E-state index in [2.05, 4.69) is 75.4 Å². The summed E-state index contributed by atoms with van der Waals surface area (Å²) in [5.41, 5.74) is 5.28. The van der Waals surface area contributed by atoms with E-state index >= 15 is 0 Å². The number of para-hydroxylation sites is 1. The summed E-state index contributed by atoms with van der Waals surface area (Å²) in [5.74, 6) is 4.25. The quantitative estimate of drug-likeness (QED) is 0.0275. The van der Waals surface area contributed by atoms with Crippen molar-refractivity contribution < 1.29 is 62.5 Å². The molecule has 0 spiro atoms. The van der Waals surface area contributed by atoms with Crippen LogP contribution in [0.2, 0.25) is 0 Å². The van der Waals surface area contributed by atoms with Crippen LogP contribution in [0.25, 0.3) is 10.9 Å². The van der Waals surface area contributed by atoms with E-state index in [0.717, 1.165) is 91.5 Å². The van der Waals surface area contributed by atoms with Crippen LogP contribution in [0.1, 0.15) is 162 Å². The maximum absolute atomic E-state index is 11.9. The van der Waals surface area contributed by atoms with Gasteiger partial charge in [-0.15, -0.1) is 0 Å². The van der Waals surface area contributed by atoms with Gasteiger partial charge in [0.05, 0.1) is 72.2 Å². The average Bonchev–Trinajstić information content (AvgIpc) is 2.63. The fourth-order valence-electron chi connectivity index (χ4n) is 13.7. The predicted molar refractivity (Wildman–Crippen MR) is 326 cm³/mol. The zero-order valence-electron chi connectivity index (χ0n) is 51.8. The number of carbonyl (C=O) groups excluding carboxylic acids is 2. The summed E-state index contributed by atoms with van der Waals surface area (Å²) in [5, 5.41) is 24.2. The van der Waals surface area contributed by atoms with E-state index in [1.54, 1.807) is 23.9 Å². The van der Waals surface area contributed by atoms with E-state index in [-0.39, 0.29) is 32.5 Å². The number of ether oxygens (including phenoxy) is 8. The first-order valence-electron chi connectivity index (χ1n) is 31.7. The molecular formula is C67H107N3O13. The van der Waals surface area contributed by atoms with Crippen LogP contribution in [0.4, 0.5) is 9.59 Å². The number of fused-ring (bicyclic) bond motifs is 6. The van der Waals surface area contributed by atoms with Crippen molar-refractivity contribution in [2.24, 2.45) is 46.3 Å². The van der Waals surface area contributed by atoms with Crippen molar-refractivity contribution >= 4 is 29.1 Å². The van der Waals surface area contributed by atoms with Crippen LogP contribution in [0.3, 0.4) is 0 Å². The van der Waals surface area contributed by atoms with Gasteiger partial charge in [0, 0.05) is 42.4 Å².